The van der Waals surface area contributed by atoms with Gasteiger partial charge in [-0.3, -0.25) is 4.79 Å². The van der Waals surface area contributed by atoms with Gasteiger partial charge < -0.3 is 15.2 Å². The molecule has 1 atom stereocenters. The lowest BCUT2D eigenvalue weighted by Gasteiger charge is -2.11. The molecule has 0 spiro atoms. The highest BCUT2D eigenvalue weighted by Gasteiger charge is 2.07. The summed E-state index contributed by atoms with van der Waals surface area (Å²) in [5.74, 6) is 0.585. The fourth-order valence-corrected chi connectivity index (χ4v) is 2.37. The number of carbonyl (C=O) groups is 1. The van der Waals surface area contributed by atoms with Gasteiger partial charge >= 0.3 is 0 Å². The van der Waals surface area contributed by atoms with Crippen LogP contribution in [0.3, 0.4) is 0 Å². The monoisotopic (exact) mass is 325 g/mol. The average molecular weight is 325 g/mol. The summed E-state index contributed by atoms with van der Waals surface area (Å²) in [6.45, 7) is 2.30. The summed E-state index contributed by atoms with van der Waals surface area (Å²) in [6.07, 6.45) is 1.46. The first-order chi connectivity index (χ1) is 11.6. The topological polar surface area (TPSA) is 58.6 Å². The molecule has 0 radical (unpaired) electrons. The molecule has 0 fully saturated rings. The molecule has 0 aliphatic heterocycles. The Labute approximate surface area is 142 Å². The number of aliphatic hydroxyl groups excluding tert-OH is 1. The van der Waals surface area contributed by atoms with Gasteiger partial charge in [-0.15, -0.1) is 0 Å². The van der Waals surface area contributed by atoms with E-state index in [4.69, 9.17) is 4.74 Å². The van der Waals surface area contributed by atoms with Gasteiger partial charge in [0.25, 0.3) is 0 Å². The summed E-state index contributed by atoms with van der Waals surface area (Å²) >= 11 is 0. The molecule has 2 aromatic carbocycles. The zero-order valence-electron chi connectivity index (χ0n) is 14.0. The third-order valence-corrected chi connectivity index (χ3v) is 3.77. The average Bonchev–Trinajstić information content (AvgIpc) is 2.62. The van der Waals surface area contributed by atoms with Crippen LogP contribution in [0, 0.1) is 0 Å². The van der Waals surface area contributed by atoms with E-state index < -0.39 is 6.10 Å². The SMILES string of the molecule is COc1cccc(C(C)=CC(=O)NCCC(O)c2ccccc2)c1. The predicted molar refractivity (Wildman–Crippen MR) is 95.7 cm³/mol. The number of hydrogen-bond acceptors (Lipinski definition) is 3. The lowest BCUT2D eigenvalue weighted by Crippen LogP contribution is -2.23. The second-order valence-corrected chi connectivity index (χ2v) is 5.57. The minimum absolute atomic E-state index is 0.171. The van der Waals surface area contributed by atoms with Crippen LogP contribution >= 0.6 is 0 Å². The molecule has 0 heterocycles. The first kappa shape index (κ1) is 17.8. The number of carbonyl (C=O) groups excluding carboxylic acids is 1. The van der Waals surface area contributed by atoms with E-state index in [1.54, 1.807) is 13.2 Å². The number of allylic oxidation sites excluding steroid dienone is 1. The van der Waals surface area contributed by atoms with Gasteiger partial charge in [-0.25, -0.2) is 0 Å². The molecule has 4 heteroatoms. The van der Waals surface area contributed by atoms with Gasteiger partial charge in [0.2, 0.25) is 5.91 Å². The normalized spacial score (nSPS) is 12.5. The molecule has 4 nitrogen and oxygen atoms in total. The summed E-state index contributed by atoms with van der Waals surface area (Å²) in [4.78, 5) is 12.0. The van der Waals surface area contributed by atoms with Crippen molar-refractivity contribution in [2.45, 2.75) is 19.4 Å². The van der Waals surface area contributed by atoms with E-state index in [1.165, 1.54) is 0 Å². The van der Waals surface area contributed by atoms with Crippen molar-refractivity contribution in [1.29, 1.82) is 0 Å². The molecule has 24 heavy (non-hydrogen) atoms. The van der Waals surface area contributed by atoms with Crippen LogP contribution in [0.25, 0.3) is 5.57 Å². The smallest absolute Gasteiger partial charge is 0.244 e. The molecule has 126 valence electrons. The molecule has 0 saturated heterocycles. The zero-order chi connectivity index (χ0) is 17.4. The van der Waals surface area contributed by atoms with E-state index in [2.05, 4.69) is 5.32 Å². The van der Waals surface area contributed by atoms with Gasteiger partial charge in [0.15, 0.2) is 0 Å². The Balaban J connectivity index is 1.86. The Morgan fingerprint density at radius 3 is 2.67 bits per heavy atom. The second kappa shape index (κ2) is 8.89. The molecule has 0 aliphatic carbocycles. The highest BCUT2D eigenvalue weighted by Crippen LogP contribution is 2.19. The van der Waals surface area contributed by atoms with E-state index in [0.717, 1.165) is 22.4 Å². The molecular weight excluding hydrogens is 302 g/mol. The third kappa shape index (κ3) is 5.25. The minimum atomic E-state index is -0.574. The van der Waals surface area contributed by atoms with Gasteiger partial charge in [-0.05, 0) is 42.2 Å². The fourth-order valence-electron chi connectivity index (χ4n) is 2.37. The van der Waals surface area contributed by atoms with Crippen LogP contribution in [0.4, 0.5) is 0 Å². The standard InChI is InChI=1S/C20H23NO3/c1-15(17-9-6-10-18(14-17)24-2)13-20(23)21-12-11-19(22)16-7-4-3-5-8-16/h3-10,13-14,19,22H,11-12H2,1-2H3,(H,21,23). The van der Waals surface area contributed by atoms with Gasteiger partial charge in [0, 0.05) is 12.6 Å². The van der Waals surface area contributed by atoms with Crippen LogP contribution < -0.4 is 10.1 Å². The number of aliphatic hydroxyl groups is 1. The third-order valence-electron chi connectivity index (χ3n) is 3.77. The molecule has 1 unspecified atom stereocenters. The fraction of sp³-hybridized carbons (Fsp3) is 0.250. The number of hydrogen-bond donors (Lipinski definition) is 2. The second-order valence-electron chi connectivity index (χ2n) is 5.57. The molecule has 1 amide bonds. The van der Waals surface area contributed by atoms with Crippen LogP contribution in [0.1, 0.15) is 30.6 Å². The molecular formula is C20H23NO3. The molecule has 0 aliphatic rings. The van der Waals surface area contributed by atoms with Crippen LogP contribution in [-0.2, 0) is 4.79 Å². The Morgan fingerprint density at radius 1 is 1.21 bits per heavy atom. The van der Waals surface area contributed by atoms with Crippen molar-refractivity contribution < 1.29 is 14.6 Å². The number of ether oxygens (including phenoxy) is 1. The van der Waals surface area contributed by atoms with Crippen LogP contribution in [0.2, 0.25) is 0 Å². The van der Waals surface area contributed by atoms with E-state index in [9.17, 15) is 9.90 Å². The quantitative estimate of drug-likeness (QED) is 0.768. The summed E-state index contributed by atoms with van der Waals surface area (Å²) in [7, 11) is 1.61. The largest absolute Gasteiger partial charge is 0.497 e. The minimum Gasteiger partial charge on any atom is -0.497 e. The van der Waals surface area contributed by atoms with E-state index >= 15 is 0 Å². The number of nitrogens with one attached hydrogen (secondary N) is 1. The van der Waals surface area contributed by atoms with Crippen molar-refractivity contribution in [3.63, 3.8) is 0 Å². The van der Waals surface area contributed by atoms with Crippen molar-refractivity contribution in [2.75, 3.05) is 13.7 Å². The van der Waals surface area contributed by atoms with E-state index in [0.29, 0.717) is 13.0 Å². The van der Waals surface area contributed by atoms with E-state index in [-0.39, 0.29) is 5.91 Å². The van der Waals surface area contributed by atoms with Gasteiger partial charge in [0.1, 0.15) is 5.75 Å². The Hall–Kier alpha value is -2.59. The summed E-state index contributed by atoms with van der Waals surface area (Å²) in [5.41, 5.74) is 2.65. The van der Waals surface area contributed by atoms with Crippen LogP contribution in [0.5, 0.6) is 5.75 Å². The summed E-state index contributed by atoms with van der Waals surface area (Å²) in [5, 5.41) is 12.9. The first-order valence-corrected chi connectivity index (χ1v) is 7.93. The number of benzene rings is 2. The Bertz CT molecular complexity index is 695. The lowest BCUT2D eigenvalue weighted by atomic mass is 10.1. The maximum atomic E-state index is 12.0. The molecule has 2 rings (SSSR count). The van der Waals surface area contributed by atoms with Gasteiger partial charge in [-0.2, -0.15) is 0 Å². The predicted octanol–water partition coefficient (Wildman–Crippen LogP) is 3.34. The maximum Gasteiger partial charge on any atom is 0.244 e. The van der Waals surface area contributed by atoms with Crippen molar-refractivity contribution >= 4 is 11.5 Å². The van der Waals surface area contributed by atoms with Gasteiger partial charge in [0.05, 0.1) is 13.2 Å². The highest BCUT2D eigenvalue weighted by molar-refractivity contribution is 5.94. The van der Waals surface area contributed by atoms with Crippen LogP contribution in [-0.4, -0.2) is 24.7 Å². The molecule has 2 N–H and O–H groups in total. The summed E-state index contributed by atoms with van der Waals surface area (Å²) in [6, 6.07) is 17.0. The summed E-state index contributed by atoms with van der Waals surface area (Å²) < 4.78 is 5.19. The molecule has 0 saturated carbocycles. The number of amides is 1. The Kier molecular flexibility index (Phi) is 6.58. The molecule has 0 aromatic heterocycles. The first-order valence-electron chi connectivity index (χ1n) is 7.93. The molecule has 2 aromatic rings. The van der Waals surface area contributed by atoms with Crippen LogP contribution in [0.15, 0.2) is 60.7 Å². The number of rotatable bonds is 7. The Morgan fingerprint density at radius 2 is 1.96 bits per heavy atom. The number of methoxy groups -OCH3 is 1. The van der Waals surface area contributed by atoms with Crippen molar-refractivity contribution in [3.05, 3.63) is 71.8 Å². The van der Waals surface area contributed by atoms with E-state index in [1.807, 2.05) is 61.5 Å². The zero-order valence-corrected chi connectivity index (χ0v) is 14.0. The van der Waals surface area contributed by atoms with Crippen molar-refractivity contribution in [1.82, 2.24) is 5.32 Å². The lowest BCUT2D eigenvalue weighted by molar-refractivity contribution is -0.116. The highest BCUT2D eigenvalue weighted by atomic mass is 16.5. The van der Waals surface area contributed by atoms with Crippen molar-refractivity contribution in [2.24, 2.45) is 0 Å². The van der Waals surface area contributed by atoms with Crippen molar-refractivity contribution in [3.8, 4) is 5.75 Å². The maximum absolute atomic E-state index is 12.0. The van der Waals surface area contributed by atoms with Gasteiger partial charge in [-0.1, -0.05) is 42.5 Å². The molecule has 0 bridgehead atoms.